The van der Waals surface area contributed by atoms with Crippen LogP contribution in [0.5, 0.6) is 0 Å². The molecule has 0 aromatic carbocycles. The molecule has 1 heterocycles. The van der Waals surface area contributed by atoms with Gasteiger partial charge in [0.15, 0.2) is 0 Å². The van der Waals surface area contributed by atoms with E-state index in [4.69, 9.17) is 9.47 Å². The highest BCUT2D eigenvalue weighted by molar-refractivity contribution is 5.79. The average molecular weight is 322 g/mol. The maximum absolute atomic E-state index is 12.7. The number of rotatable bonds is 3. The second-order valence-corrected chi connectivity index (χ2v) is 9.48. The lowest BCUT2D eigenvalue weighted by atomic mass is 9.58. The molecular weight excluding hydrogens is 292 g/mol. The molecule has 3 fully saturated rings. The lowest BCUT2D eigenvalue weighted by molar-refractivity contribution is -0.195. The second kappa shape index (κ2) is 4.97. The third-order valence-electron chi connectivity index (χ3n) is 6.43. The van der Waals surface area contributed by atoms with Crippen molar-refractivity contribution in [2.45, 2.75) is 91.3 Å². The van der Waals surface area contributed by atoms with Crippen LogP contribution in [0.4, 0.5) is 0 Å². The van der Waals surface area contributed by atoms with Gasteiger partial charge in [-0.1, -0.05) is 13.8 Å². The van der Waals surface area contributed by atoms with Crippen molar-refractivity contribution < 1.29 is 19.1 Å². The van der Waals surface area contributed by atoms with Gasteiger partial charge in [0.1, 0.15) is 11.7 Å². The average Bonchev–Trinajstić information content (AvgIpc) is 2.56. The summed E-state index contributed by atoms with van der Waals surface area (Å²) < 4.78 is 11.9. The van der Waals surface area contributed by atoms with Crippen molar-refractivity contribution in [3.8, 4) is 0 Å². The van der Waals surface area contributed by atoms with Gasteiger partial charge in [0.05, 0.1) is 10.8 Å². The normalized spacial score (nSPS) is 42.8. The van der Waals surface area contributed by atoms with E-state index in [0.29, 0.717) is 6.42 Å². The number of ether oxygens (including phenoxy) is 2. The first kappa shape index (κ1) is 16.8. The smallest absolute Gasteiger partial charge is 0.312 e. The third-order valence-corrected chi connectivity index (χ3v) is 6.43. The van der Waals surface area contributed by atoms with E-state index in [1.165, 1.54) is 0 Å². The Hall–Kier alpha value is -1.06. The van der Waals surface area contributed by atoms with E-state index in [9.17, 15) is 9.59 Å². The fourth-order valence-electron chi connectivity index (χ4n) is 5.16. The van der Waals surface area contributed by atoms with E-state index in [0.717, 1.165) is 38.5 Å². The number of hydrogen-bond donors (Lipinski definition) is 0. The number of fused-ring (bicyclic) bond motifs is 3. The molecule has 3 rings (SSSR count). The minimum atomic E-state index is -0.529. The molecule has 1 aliphatic heterocycles. The maximum atomic E-state index is 12.7. The van der Waals surface area contributed by atoms with Crippen LogP contribution < -0.4 is 0 Å². The largest absolute Gasteiger partial charge is 0.462 e. The molecule has 4 atom stereocenters. The molecule has 4 nitrogen and oxygen atoms in total. The van der Waals surface area contributed by atoms with Crippen LogP contribution >= 0.6 is 0 Å². The van der Waals surface area contributed by atoms with Crippen LogP contribution in [-0.2, 0) is 19.1 Å². The standard InChI is InChI=1S/C19H30O4/c1-6-16(2,3)14(20)23-19-8-7-13-9-17(4,11-19)10-18(5,12-19)15(21)22-13/h13H,6-12H2,1-5H3. The molecule has 0 N–H and O–H groups in total. The van der Waals surface area contributed by atoms with Crippen LogP contribution in [0.1, 0.15) is 79.6 Å². The Morgan fingerprint density at radius 2 is 2.00 bits per heavy atom. The lowest BCUT2D eigenvalue weighted by Crippen LogP contribution is -2.53. The highest BCUT2D eigenvalue weighted by Gasteiger charge is 2.61. The zero-order valence-corrected chi connectivity index (χ0v) is 15.2. The Labute approximate surface area is 139 Å². The highest BCUT2D eigenvalue weighted by Crippen LogP contribution is 2.60. The van der Waals surface area contributed by atoms with Gasteiger partial charge in [-0.05, 0) is 64.7 Å². The summed E-state index contributed by atoms with van der Waals surface area (Å²) >= 11 is 0. The SMILES string of the molecule is CCC(C)(C)C(=O)OC12CCC3CC(C)(C1)CC(C)(C2)C(=O)O3. The fraction of sp³-hybridized carbons (Fsp3) is 0.895. The number of esters is 2. The molecule has 0 spiro atoms. The molecule has 130 valence electrons. The molecule has 4 heteroatoms. The van der Waals surface area contributed by atoms with Gasteiger partial charge < -0.3 is 9.47 Å². The molecule has 4 bridgehead atoms. The Kier molecular flexibility index (Phi) is 3.63. The number of carbonyl (C=O) groups excluding carboxylic acids is 2. The topological polar surface area (TPSA) is 52.6 Å². The van der Waals surface area contributed by atoms with Crippen molar-refractivity contribution in [3.63, 3.8) is 0 Å². The molecule has 3 aliphatic rings. The van der Waals surface area contributed by atoms with E-state index < -0.39 is 16.4 Å². The predicted molar refractivity (Wildman–Crippen MR) is 86.7 cm³/mol. The summed E-state index contributed by atoms with van der Waals surface area (Å²) in [7, 11) is 0. The van der Waals surface area contributed by atoms with Gasteiger partial charge in [-0.3, -0.25) is 9.59 Å². The van der Waals surface area contributed by atoms with E-state index >= 15 is 0 Å². The van der Waals surface area contributed by atoms with Gasteiger partial charge in [-0.25, -0.2) is 0 Å². The molecule has 0 aromatic rings. The van der Waals surface area contributed by atoms with Gasteiger partial charge in [0.2, 0.25) is 0 Å². The molecule has 4 unspecified atom stereocenters. The van der Waals surface area contributed by atoms with Crippen LogP contribution in [0.3, 0.4) is 0 Å². The molecule has 0 radical (unpaired) electrons. The van der Waals surface area contributed by atoms with E-state index in [1.54, 1.807) is 0 Å². The summed E-state index contributed by atoms with van der Waals surface area (Å²) in [4.78, 5) is 25.3. The maximum Gasteiger partial charge on any atom is 0.312 e. The van der Waals surface area contributed by atoms with Crippen molar-refractivity contribution in [2.75, 3.05) is 0 Å². The molecule has 2 aliphatic carbocycles. The van der Waals surface area contributed by atoms with Crippen molar-refractivity contribution in [2.24, 2.45) is 16.2 Å². The van der Waals surface area contributed by atoms with Crippen LogP contribution in [0.2, 0.25) is 0 Å². The molecule has 0 amide bonds. The quantitative estimate of drug-likeness (QED) is 0.737. The molecule has 23 heavy (non-hydrogen) atoms. The summed E-state index contributed by atoms with van der Waals surface area (Å²) in [5.41, 5.74) is -1.50. The van der Waals surface area contributed by atoms with Crippen LogP contribution in [0.25, 0.3) is 0 Å². The molecular formula is C19H30O4. The lowest BCUT2D eigenvalue weighted by Gasteiger charge is -2.50. The minimum Gasteiger partial charge on any atom is -0.462 e. The van der Waals surface area contributed by atoms with E-state index in [2.05, 4.69) is 6.92 Å². The molecule has 0 aromatic heterocycles. The summed E-state index contributed by atoms with van der Waals surface area (Å²) in [6.07, 6.45) is 5.53. The van der Waals surface area contributed by atoms with Gasteiger partial charge in [0, 0.05) is 6.42 Å². The first-order chi connectivity index (χ1) is 10.5. The van der Waals surface area contributed by atoms with Crippen molar-refractivity contribution in [1.82, 2.24) is 0 Å². The summed E-state index contributed by atoms with van der Waals surface area (Å²) in [6, 6.07) is 0. The Morgan fingerprint density at radius 1 is 1.30 bits per heavy atom. The van der Waals surface area contributed by atoms with Crippen LogP contribution in [0.15, 0.2) is 0 Å². The summed E-state index contributed by atoms with van der Waals surface area (Å²) in [6.45, 7) is 10.1. The Bertz CT molecular complexity index is 539. The second-order valence-electron chi connectivity index (χ2n) is 9.48. The molecule has 2 saturated carbocycles. The molecule has 1 saturated heterocycles. The predicted octanol–water partition coefficient (Wildman–Crippen LogP) is 4.01. The van der Waals surface area contributed by atoms with Gasteiger partial charge in [-0.15, -0.1) is 0 Å². The van der Waals surface area contributed by atoms with Crippen LogP contribution in [-0.4, -0.2) is 23.6 Å². The van der Waals surface area contributed by atoms with Crippen molar-refractivity contribution in [3.05, 3.63) is 0 Å². The van der Waals surface area contributed by atoms with Crippen LogP contribution in [0, 0.1) is 16.2 Å². The summed E-state index contributed by atoms with van der Waals surface area (Å²) in [5, 5.41) is 0. The number of carbonyl (C=O) groups is 2. The van der Waals surface area contributed by atoms with Crippen molar-refractivity contribution in [1.29, 1.82) is 0 Å². The van der Waals surface area contributed by atoms with Gasteiger partial charge in [0.25, 0.3) is 0 Å². The first-order valence-electron chi connectivity index (χ1n) is 8.96. The summed E-state index contributed by atoms with van der Waals surface area (Å²) in [5.74, 6) is -0.222. The Morgan fingerprint density at radius 3 is 2.65 bits per heavy atom. The Balaban J connectivity index is 1.96. The van der Waals surface area contributed by atoms with Gasteiger partial charge >= 0.3 is 11.9 Å². The zero-order valence-electron chi connectivity index (χ0n) is 15.2. The third kappa shape index (κ3) is 2.78. The fourth-order valence-corrected chi connectivity index (χ4v) is 5.16. The zero-order chi connectivity index (χ0) is 17.1. The highest BCUT2D eigenvalue weighted by atomic mass is 16.6. The van der Waals surface area contributed by atoms with E-state index in [1.807, 2.05) is 27.7 Å². The first-order valence-corrected chi connectivity index (χ1v) is 8.96. The minimum absolute atomic E-state index is 0.0109. The van der Waals surface area contributed by atoms with Gasteiger partial charge in [-0.2, -0.15) is 0 Å². The van der Waals surface area contributed by atoms with Crippen molar-refractivity contribution >= 4 is 11.9 Å². The van der Waals surface area contributed by atoms with E-state index in [-0.39, 0.29) is 23.5 Å². The monoisotopic (exact) mass is 322 g/mol. The number of hydrogen-bond acceptors (Lipinski definition) is 4.